The molecule has 0 amide bonds. The highest BCUT2D eigenvalue weighted by atomic mass is 79.9. The van der Waals surface area contributed by atoms with Gasteiger partial charge in [0.15, 0.2) is 0 Å². The highest BCUT2D eigenvalue weighted by molar-refractivity contribution is 9.10. The van der Waals surface area contributed by atoms with E-state index in [4.69, 9.17) is 10.8 Å². The molecule has 0 spiro atoms. The minimum atomic E-state index is -1.02. The second-order valence-corrected chi connectivity index (χ2v) is 3.49. The average Bonchev–Trinajstić information content (AvgIpc) is 2.02. The summed E-state index contributed by atoms with van der Waals surface area (Å²) in [6.07, 6.45) is 0. The van der Waals surface area contributed by atoms with Crippen LogP contribution >= 0.6 is 15.9 Å². The Bertz CT molecular complexity index is 296. The van der Waals surface area contributed by atoms with Crippen molar-refractivity contribution in [1.29, 1.82) is 0 Å². The quantitative estimate of drug-likeness (QED) is 0.841. The summed E-state index contributed by atoms with van der Waals surface area (Å²) in [7, 11) is 0. The molecule has 0 aliphatic carbocycles. The first kappa shape index (κ1) is 10.6. The molecule has 0 radical (unpaired) electrons. The van der Waals surface area contributed by atoms with Gasteiger partial charge in [-0.25, -0.2) is 8.78 Å². The van der Waals surface area contributed by atoms with Gasteiger partial charge in [0.05, 0.1) is 12.6 Å². The van der Waals surface area contributed by atoms with Crippen LogP contribution in [-0.2, 0) is 0 Å². The molecular formula is C8H8BrF2NO. The molecule has 1 rings (SSSR count). The first-order chi connectivity index (χ1) is 6.06. The summed E-state index contributed by atoms with van der Waals surface area (Å²) in [6.45, 7) is -0.491. The molecule has 0 fully saturated rings. The van der Waals surface area contributed by atoms with Crippen LogP contribution in [0, 0.1) is 11.6 Å². The molecule has 1 aromatic rings. The molecule has 0 aliphatic rings. The van der Waals surface area contributed by atoms with Gasteiger partial charge in [0.1, 0.15) is 11.6 Å². The van der Waals surface area contributed by atoms with E-state index in [1.54, 1.807) is 0 Å². The summed E-state index contributed by atoms with van der Waals surface area (Å²) >= 11 is 2.93. The number of aliphatic hydroxyl groups excluding tert-OH is 1. The molecule has 0 aromatic heterocycles. The van der Waals surface area contributed by atoms with Gasteiger partial charge < -0.3 is 10.8 Å². The fraction of sp³-hybridized carbons (Fsp3) is 0.250. The van der Waals surface area contributed by atoms with Crippen molar-refractivity contribution in [3.05, 3.63) is 33.8 Å². The minimum Gasteiger partial charge on any atom is -0.394 e. The van der Waals surface area contributed by atoms with Crippen molar-refractivity contribution >= 4 is 15.9 Å². The number of aliphatic hydroxyl groups is 1. The van der Waals surface area contributed by atoms with Gasteiger partial charge in [-0.05, 0) is 12.1 Å². The average molecular weight is 252 g/mol. The lowest BCUT2D eigenvalue weighted by Crippen LogP contribution is -2.17. The van der Waals surface area contributed by atoms with Gasteiger partial charge in [-0.2, -0.15) is 0 Å². The molecule has 0 bridgehead atoms. The predicted octanol–water partition coefficient (Wildman–Crippen LogP) is 1.72. The van der Waals surface area contributed by atoms with Crippen molar-refractivity contribution in [2.24, 2.45) is 5.73 Å². The van der Waals surface area contributed by atoms with Gasteiger partial charge in [-0.15, -0.1) is 0 Å². The molecule has 1 aromatic carbocycles. The van der Waals surface area contributed by atoms with Gasteiger partial charge >= 0.3 is 0 Å². The third-order valence-electron chi connectivity index (χ3n) is 1.61. The topological polar surface area (TPSA) is 46.2 Å². The monoisotopic (exact) mass is 251 g/mol. The van der Waals surface area contributed by atoms with Crippen LogP contribution in [0.3, 0.4) is 0 Å². The smallest absolute Gasteiger partial charge is 0.132 e. The van der Waals surface area contributed by atoms with Gasteiger partial charge in [-0.3, -0.25) is 0 Å². The maximum atomic E-state index is 13.1. The third-order valence-corrected chi connectivity index (χ3v) is 2.07. The molecule has 13 heavy (non-hydrogen) atoms. The van der Waals surface area contributed by atoms with E-state index in [9.17, 15) is 8.78 Å². The Morgan fingerprint density at radius 3 is 2.23 bits per heavy atom. The molecule has 0 saturated carbocycles. The zero-order chi connectivity index (χ0) is 10.0. The Morgan fingerprint density at radius 2 is 1.85 bits per heavy atom. The Labute approximate surface area is 82.5 Å². The van der Waals surface area contributed by atoms with Crippen molar-refractivity contribution in [3.63, 3.8) is 0 Å². The second kappa shape index (κ2) is 4.13. The van der Waals surface area contributed by atoms with Crippen LogP contribution in [0.25, 0.3) is 0 Å². The Morgan fingerprint density at radius 1 is 1.38 bits per heavy atom. The zero-order valence-electron chi connectivity index (χ0n) is 6.60. The predicted molar refractivity (Wildman–Crippen MR) is 48.1 cm³/mol. The first-order valence-electron chi connectivity index (χ1n) is 3.57. The van der Waals surface area contributed by atoms with Crippen molar-refractivity contribution < 1.29 is 13.9 Å². The van der Waals surface area contributed by atoms with Gasteiger partial charge in [0.2, 0.25) is 0 Å². The van der Waals surface area contributed by atoms with Crippen LogP contribution in [0.4, 0.5) is 8.78 Å². The summed E-state index contributed by atoms with van der Waals surface area (Å²) in [4.78, 5) is 0. The van der Waals surface area contributed by atoms with Gasteiger partial charge in [0.25, 0.3) is 0 Å². The van der Waals surface area contributed by atoms with Crippen LogP contribution < -0.4 is 5.73 Å². The van der Waals surface area contributed by atoms with E-state index < -0.39 is 24.3 Å². The van der Waals surface area contributed by atoms with E-state index in [0.29, 0.717) is 4.47 Å². The number of nitrogens with two attached hydrogens (primary N) is 1. The maximum absolute atomic E-state index is 13.1. The molecule has 1 atom stereocenters. The van der Waals surface area contributed by atoms with Crippen LogP contribution in [0.2, 0.25) is 0 Å². The minimum absolute atomic E-state index is 0.286. The number of halogens is 3. The van der Waals surface area contributed by atoms with E-state index in [2.05, 4.69) is 15.9 Å². The normalized spacial score (nSPS) is 13.0. The molecule has 2 nitrogen and oxygen atoms in total. The molecule has 0 saturated heterocycles. The fourth-order valence-electron chi connectivity index (χ4n) is 0.999. The van der Waals surface area contributed by atoms with E-state index >= 15 is 0 Å². The summed E-state index contributed by atoms with van der Waals surface area (Å²) in [5.41, 5.74) is 5.01. The standard InChI is InChI=1S/C8H8BrF2NO/c9-4-1-5(10)8(6(11)2-4)7(12)3-13/h1-2,7,13H,3,12H2. The summed E-state index contributed by atoms with van der Waals surface area (Å²) in [5, 5.41) is 8.64. The lowest BCUT2D eigenvalue weighted by molar-refractivity contribution is 0.262. The number of hydrogen-bond donors (Lipinski definition) is 2. The van der Waals surface area contributed by atoms with E-state index in [0.717, 1.165) is 12.1 Å². The van der Waals surface area contributed by atoms with Crippen LogP contribution in [0.5, 0.6) is 0 Å². The van der Waals surface area contributed by atoms with Crippen LogP contribution in [0.1, 0.15) is 11.6 Å². The molecule has 5 heteroatoms. The van der Waals surface area contributed by atoms with Crippen LogP contribution in [-0.4, -0.2) is 11.7 Å². The van der Waals surface area contributed by atoms with Crippen LogP contribution in [0.15, 0.2) is 16.6 Å². The van der Waals surface area contributed by atoms with Crippen molar-refractivity contribution in [3.8, 4) is 0 Å². The second-order valence-electron chi connectivity index (χ2n) is 2.57. The largest absolute Gasteiger partial charge is 0.394 e. The molecular weight excluding hydrogens is 244 g/mol. The fourth-order valence-corrected chi connectivity index (χ4v) is 1.40. The Hall–Kier alpha value is -0.520. The molecule has 0 aliphatic heterocycles. The summed E-state index contributed by atoms with van der Waals surface area (Å²) in [6, 6.07) is 1.19. The Balaban J connectivity index is 3.20. The van der Waals surface area contributed by atoms with Crippen molar-refractivity contribution in [1.82, 2.24) is 0 Å². The zero-order valence-corrected chi connectivity index (χ0v) is 8.18. The summed E-state index contributed by atoms with van der Waals surface area (Å²) in [5.74, 6) is -1.51. The summed E-state index contributed by atoms with van der Waals surface area (Å²) < 4.78 is 26.5. The van der Waals surface area contributed by atoms with E-state index in [-0.39, 0.29) is 5.56 Å². The number of rotatable bonds is 2. The van der Waals surface area contributed by atoms with Crippen molar-refractivity contribution in [2.75, 3.05) is 6.61 Å². The lowest BCUT2D eigenvalue weighted by atomic mass is 10.1. The molecule has 3 N–H and O–H groups in total. The van der Waals surface area contributed by atoms with Gasteiger partial charge in [0, 0.05) is 10.0 Å². The highest BCUT2D eigenvalue weighted by Gasteiger charge is 2.16. The Kier molecular flexibility index (Phi) is 3.35. The molecule has 1 unspecified atom stereocenters. The molecule has 0 heterocycles. The number of benzene rings is 1. The van der Waals surface area contributed by atoms with E-state index in [1.807, 2.05) is 0 Å². The first-order valence-corrected chi connectivity index (χ1v) is 4.36. The SMILES string of the molecule is NC(CO)c1c(F)cc(Br)cc1F. The number of hydrogen-bond acceptors (Lipinski definition) is 2. The maximum Gasteiger partial charge on any atom is 0.132 e. The highest BCUT2D eigenvalue weighted by Crippen LogP contribution is 2.23. The van der Waals surface area contributed by atoms with Crippen molar-refractivity contribution in [2.45, 2.75) is 6.04 Å². The lowest BCUT2D eigenvalue weighted by Gasteiger charge is -2.10. The van der Waals surface area contributed by atoms with E-state index in [1.165, 1.54) is 0 Å². The van der Waals surface area contributed by atoms with Gasteiger partial charge in [-0.1, -0.05) is 15.9 Å². The molecule has 72 valence electrons. The third kappa shape index (κ3) is 2.24.